The fourth-order valence-corrected chi connectivity index (χ4v) is 2.05. The van der Waals surface area contributed by atoms with Crippen LogP contribution in [-0.2, 0) is 4.79 Å². The highest BCUT2D eigenvalue weighted by Gasteiger charge is 2.24. The Balaban J connectivity index is 2.25. The minimum atomic E-state index is 0.272. The Kier molecular flexibility index (Phi) is 2.48. The van der Waals surface area contributed by atoms with Gasteiger partial charge in [-0.15, -0.1) is 0 Å². The third-order valence-corrected chi connectivity index (χ3v) is 2.74. The molecule has 0 saturated carbocycles. The van der Waals surface area contributed by atoms with Gasteiger partial charge < -0.3 is 4.90 Å². The number of rotatable bonds is 2. The van der Waals surface area contributed by atoms with Crippen molar-refractivity contribution in [1.82, 2.24) is 9.88 Å². The topological polar surface area (TPSA) is 33.2 Å². The van der Waals surface area contributed by atoms with Gasteiger partial charge in [0.2, 0.25) is 6.41 Å². The van der Waals surface area contributed by atoms with E-state index < -0.39 is 0 Å². The van der Waals surface area contributed by atoms with Crippen LogP contribution in [0.25, 0.3) is 0 Å². The summed E-state index contributed by atoms with van der Waals surface area (Å²) in [6, 6.07) is 4.33. The number of hydrogen-bond donors (Lipinski definition) is 0. The second-order valence-corrected chi connectivity index (χ2v) is 3.73. The third-order valence-electron chi connectivity index (χ3n) is 2.74. The molecule has 1 atom stereocenters. The largest absolute Gasteiger partial charge is 0.338 e. The van der Waals surface area contributed by atoms with Gasteiger partial charge in [0.25, 0.3) is 0 Å². The zero-order valence-corrected chi connectivity index (χ0v) is 8.31. The molecule has 3 nitrogen and oxygen atoms in total. The van der Waals surface area contributed by atoms with Crippen molar-refractivity contribution < 1.29 is 4.79 Å². The summed E-state index contributed by atoms with van der Waals surface area (Å²) in [7, 11) is 0. The van der Waals surface area contributed by atoms with E-state index in [-0.39, 0.29) is 6.04 Å². The highest BCUT2D eigenvalue weighted by atomic mass is 16.1. The summed E-state index contributed by atoms with van der Waals surface area (Å²) in [5.41, 5.74) is 2.22. The van der Waals surface area contributed by atoms with Crippen molar-refractivity contribution in [3.8, 4) is 0 Å². The lowest BCUT2D eigenvalue weighted by atomic mass is 10.1. The van der Waals surface area contributed by atoms with E-state index in [9.17, 15) is 4.79 Å². The molecule has 3 heteroatoms. The average molecular weight is 190 g/mol. The predicted molar refractivity (Wildman–Crippen MR) is 53.7 cm³/mol. The lowest BCUT2D eigenvalue weighted by Crippen LogP contribution is -2.21. The van der Waals surface area contributed by atoms with Gasteiger partial charge in [-0.25, -0.2) is 0 Å². The van der Waals surface area contributed by atoms with E-state index in [0.29, 0.717) is 0 Å². The van der Waals surface area contributed by atoms with Crippen molar-refractivity contribution >= 4 is 6.41 Å². The second kappa shape index (κ2) is 3.78. The molecular weight excluding hydrogens is 176 g/mol. The van der Waals surface area contributed by atoms with Crippen LogP contribution in [0.1, 0.15) is 30.1 Å². The number of amides is 1. The first-order valence-electron chi connectivity index (χ1n) is 4.95. The summed E-state index contributed by atoms with van der Waals surface area (Å²) in [5.74, 6) is 0. The maximum Gasteiger partial charge on any atom is 0.210 e. The van der Waals surface area contributed by atoms with Crippen LogP contribution in [0, 0.1) is 6.92 Å². The fourth-order valence-electron chi connectivity index (χ4n) is 2.05. The molecule has 14 heavy (non-hydrogen) atoms. The molecule has 1 amide bonds. The Morgan fingerprint density at radius 3 is 3.21 bits per heavy atom. The monoisotopic (exact) mass is 190 g/mol. The lowest BCUT2D eigenvalue weighted by Gasteiger charge is -2.20. The molecule has 0 spiro atoms. The van der Waals surface area contributed by atoms with E-state index in [1.54, 1.807) is 0 Å². The fraction of sp³-hybridized carbons (Fsp3) is 0.455. The first-order valence-corrected chi connectivity index (χ1v) is 4.95. The van der Waals surface area contributed by atoms with Crippen molar-refractivity contribution in [3.05, 3.63) is 29.6 Å². The van der Waals surface area contributed by atoms with Gasteiger partial charge in [0.1, 0.15) is 0 Å². The van der Waals surface area contributed by atoms with Crippen molar-refractivity contribution in [3.63, 3.8) is 0 Å². The quantitative estimate of drug-likeness (QED) is 0.665. The molecule has 1 fully saturated rings. The zero-order chi connectivity index (χ0) is 9.97. The summed E-state index contributed by atoms with van der Waals surface area (Å²) in [5, 5.41) is 0. The van der Waals surface area contributed by atoms with Gasteiger partial charge in [0, 0.05) is 18.4 Å². The van der Waals surface area contributed by atoms with Crippen molar-refractivity contribution in [2.24, 2.45) is 0 Å². The Morgan fingerprint density at radius 1 is 1.64 bits per heavy atom. The number of aryl methyl sites for hydroxylation is 1. The number of aromatic nitrogens is 1. The predicted octanol–water partition coefficient (Wildman–Crippen LogP) is 1.68. The molecule has 0 aliphatic carbocycles. The Hall–Kier alpha value is -1.38. The molecular formula is C11H14N2O. The number of hydrogen-bond acceptors (Lipinski definition) is 2. The van der Waals surface area contributed by atoms with Crippen LogP contribution >= 0.6 is 0 Å². The second-order valence-electron chi connectivity index (χ2n) is 3.73. The molecule has 1 aromatic heterocycles. The molecule has 0 aromatic carbocycles. The molecule has 1 saturated heterocycles. The highest BCUT2D eigenvalue weighted by Crippen LogP contribution is 2.30. The summed E-state index contributed by atoms with van der Waals surface area (Å²) >= 11 is 0. The Labute approximate surface area is 83.8 Å². The SMILES string of the molecule is Cc1cc(C2CCCN2C=O)ccn1. The van der Waals surface area contributed by atoms with E-state index in [2.05, 4.69) is 11.1 Å². The molecule has 0 N–H and O–H groups in total. The van der Waals surface area contributed by atoms with E-state index in [1.165, 1.54) is 5.56 Å². The normalized spacial score (nSPS) is 21.2. The van der Waals surface area contributed by atoms with Crippen LogP contribution in [-0.4, -0.2) is 22.8 Å². The summed E-state index contributed by atoms with van der Waals surface area (Å²) in [4.78, 5) is 16.8. The van der Waals surface area contributed by atoms with E-state index >= 15 is 0 Å². The van der Waals surface area contributed by atoms with Gasteiger partial charge in [-0.1, -0.05) is 0 Å². The van der Waals surface area contributed by atoms with Crippen LogP contribution in [0.4, 0.5) is 0 Å². The smallest absolute Gasteiger partial charge is 0.210 e. The maximum absolute atomic E-state index is 10.8. The number of likely N-dealkylation sites (tertiary alicyclic amines) is 1. The average Bonchev–Trinajstić information content (AvgIpc) is 2.65. The first kappa shape index (κ1) is 9.19. The van der Waals surface area contributed by atoms with Crippen molar-refractivity contribution in [2.45, 2.75) is 25.8 Å². The van der Waals surface area contributed by atoms with Crippen LogP contribution in [0.2, 0.25) is 0 Å². The summed E-state index contributed by atoms with van der Waals surface area (Å²) in [6.07, 6.45) is 4.94. The summed E-state index contributed by atoms with van der Waals surface area (Å²) < 4.78 is 0. The zero-order valence-electron chi connectivity index (χ0n) is 8.31. The number of carbonyl (C=O) groups excluding carboxylic acids is 1. The maximum atomic E-state index is 10.8. The molecule has 1 unspecified atom stereocenters. The van der Waals surface area contributed by atoms with Crippen molar-refractivity contribution in [1.29, 1.82) is 0 Å². The van der Waals surface area contributed by atoms with E-state index in [4.69, 9.17) is 0 Å². The molecule has 2 heterocycles. The number of nitrogens with zero attached hydrogens (tertiary/aromatic N) is 2. The summed E-state index contributed by atoms with van der Waals surface area (Å²) in [6.45, 7) is 2.86. The van der Waals surface area contributed by atoms with Gasteiger partial charge in [0.05, 0.1) is 6.04 Å². The minimum Gasteiger partial charge on any atom is -0.338 e. The van der Waals surface area contributed by atoms with Gasteiger partial charge in [-0.3, -0.25) is 9.78 Å². The molecule has 2 rings (SSSR count). The lowest BCUT2D eigenvalue weighted by molar-refractivity contribution is -0.118. The van der Waals surface area contributed by atoms with Crippen LogP contribution in [0.5, 0.6) is 0 Å². The molecule has 0 bridgehead atoms. The minimum absolute atomic E-state index is 0.272. The van der Waals surface area contributed by atoms with Gasteiger partial charge in [-0.2, -0.15) is 0 Å². The van der Waals surface area contributed by atoms with E-state index in [0.717, 1.165) is 31.5 Å². The molecule has 0 radical (unpaired) electrons. The standard InChI is InChI=1S/C11H14N2O/c1-9-7-10(4-5-12-9)11-3-2-6-13(11)8-14/h4-5,7-8,11H,2-3,6H2,1H3. The van der Waals surface area contributed by atoms with Crippen LogP contribution < -0.4 is 0 Å². The Bertz CT molecular complexity index is 338. The molecule has 1 aliphatic heterocycles. The van der Waals surface area contributed by atoms with Crippen LogP contribution in [0.3, 0.4) is 0 Å². The molecule has 74 valence electrons. The van der Waals surface area contributed by atoms with Gasteiger partial charge in [0.15, 0.2) is 0 Å². The van der Waals surface area contributed by atoms with Crippen molar-refractivity contribution in [2.75, 3.05) is 6.54 Å². The number of pyridine rings is 1. The van der Waals surface area contributed by atoms with Gasteiger partial charge in [-0.05, 0) is 37.5 Å². The highest BCUT2D eigenvalue weighted by molar-refractivity contribution is 5.49. The molecule has 1 aromatic rings. The first-order chi connectivity index (χ1) is 6.81. The van der Waals surface area contributed by atoms with Gasteiger partial charge >= 0.3 is 0 Å². The number of carbonyl (C=O) groups is 1. The van der Waals surface area contributed by atoms with E-state index in [1.807, 2.05) is 24.1 Å². The Morgan fingerprint density at radius 2 is 2.50 bits per heavy atom. The van der Waals surface area contributed by atoms with Crippen LogP contribution in [0.15, 0.2) is 18.3 Å². The molecule has 1 aliphatic rings. The third kappa shape index (κ3) is 1.62.